The molecule has 0 spiro atoms. The molecule has 3 nitrogen and oxygen atoms in total. The lowest BCUT2D eigenvalue weighted by Crippen LogP contribution is -2.52. The first-order chi connectivity index (χ1) is 8.25. The van der Waals surface area contributed by atoms with E-state index in [2.05, 4.69) is 11.4 Å². The molecule has 0 atom stereocenters. The molecule has 0 saturated heterocycles. The maximum atomic E-state index is 12.5. The molecule has 2 heterocycles. The minimum Gasteiger partial charge on any atom is -0.337 e. The predicted octanol–water partition coefficient (Wildman–Crippen LogP) is 1.76. The van der Waals surface area contributed by atoms with Gasteiger partial charge in [0.25, 0.3) is 0 Å². The number of nitrogens with two attached hydrogens (primary N) is 1. The van der Waals surface area contributed by atoms with Crippen molar-refractivity contribution in [2.75, 3.05) is 13.1 Å². The average Bonchev–Trinajstić information content (AvgIpc) is 2.74. The van der Waals surface area contributed by atoms with Crippen molar-refractivity contribution in [3.8, 4) is 0 Å². The molecular formula is C13H18N2OS. The zero-order valence-corrected chi connectivity index (χ0v) is 10.8. The second kappa shape index (κ2) is 4.10. The summed E-state index contributed by atoms with van der Waals surface area (Å²) in [6.45, 7) is 2.17. The van der Waals surface area contributed by atoms with Crippen LogP contribution in [0.1, 0.15) is 29.7 Å². The van der Waals surface area contributed by atoms with Crippen molar-refractivity contribution < 1.29 is 4.79 Å². The van der Waals surface area contributed by atoms with Gasteiger partial charge in [0.15, 0.2) is 0 Å². The van der Waals surface area contributed by atoms with Crippen molar-refractivity contribution in [1.82, 2.24) is 4.90 Å². The molecular weight excluding hydrogens is 232 g/mol. The summed E-state index contributed by atoms with van der Waals surface area (Å²) in [5.74, 6) is 0.295. The van der Waals surface area contributed by atoms with Gasteiger partial charge >= 0.3 is 0 Å². The van der Waals surface area contributed by atoms with Crippen molar-refractivity contribution >= 4 is 17.2 Å². The number of rotatable bonds is 2. The van der Waals surface area contributed by atoms with E-state index < -0.39 is 0 Å². The van der Waals surface area contributed by atoms with Gasteiger partial charge in [-0.25, -0.2) is 0 Å². The van der Waals surface area contributed by atoms with Gasteiger partial charge in [-0.3, -0.25) is 4.79 Å². The molecule has 4 heteroatoms. The summed E-state index contributed by atoms with van der Waals surface area (Å²) in [4.78, 5) is 16.0. The van der Waals surface area contributed by atoms with Gasteiger partial charge in [0.05, 0.1) is 5.41 Å². The first kappa shape index (κ1) is 11.2. The van der Waals surface area contributed by atoms with E-state index in [0.717, 1.165) is 38.8 Å². The summed E-state index contributed by atoms with van der Waals surface area (Å²) in [5.41, 5.74) is 6.93. The molecule has 2 aliphatic rings. The van der Waals surface area contributed by atoms with Gasteiger partial charge in [-0.2, -0.15) is 0 Å². The average molecular weight is 250 g/mol. The van der Waals surface area contributed by atoms with Gasteiger partial charge in [-0.05, 0) is 36.3 Å². The molecule has 92 valence electrons. The lowest BCUT2D eigenvalue weighted by atomic mass is 9.67. The molecule has 1 fully saturated rings. The third-order valence-electron chi connectivity index (χ3n) is 4.25. The van der Waals surface area contributed by atoms with Crippen LogP contribution in [0.25, 0.3) is 0 Å². The van der Waals surface area contributed by atoms with E-state index in [9.17, 15) is 4.79 Å². The van der Waals surface area contributed by atoms with Gasteiger partial charge in [-0.15, -0.1) is 11.3 Å². The third kappa shape index (κ3) is 1.70. The second-order valence-corrected chi connectivity index (χ2v) is 6.18. The number of hydrogen-bond donors (Lipinski definition) is 1. The monoisotopic (exact) mass is 250 g/mol. The summed E-state index contributed by atoms with van der Waals surface area (Å²) < 4.78 is 0. The highest BCUT2D eigenvalue weighted by molar-refractivity contribution is 7.10. The number of carbonyl (C=O) groups excluding carboxylic acids is 1. The highest BCUT2D eigenvalue weighted by Crippen LogP contribution is 2.42. The normalized spacial score (nSPS) is 21.8. The minimum absolute atomic E-state index is 0.215. The lowest BCUT2D eigenvalue weighted by Gasteiger charge is -2.43. The van der Waals surface area contributed by atoms with Gasteiger partial charge in [-0.1, -0.05) is 6.42 Å². The Balaban J connectivity index is 1.76. The Morgan fingerprint density at radius 2 is 2.35 bits per heavy atom. The van der Waals surface area contributed by atoms with Crippen LogP contribution in [-0.2, 0) is 17.8 Å². The third-order valence-corrected chi connectivity index (χ3v) is 5.27. The Labute approximate surface area is 106 Å². The first-order valence-corrected chi connectivity index (χ1v) is 7.18. The topological polar surface area (TPSA) is 46.3 Å². The molecule has 0 unspecified atom stereocenters. The number of carbonyl (C=O) groups is 1. The van der Waals surface area contributed by atoms with Crippen molar-refractivity contribution in [2.45, 2.75) is 32.2 Å². The zero-order chi connectivity index (χ0) is 11.9. The molecule has 2 N–H and O–H groups in total. The highest BCUT2D eigenvalue weighted by Gasteiger charge is 2.45. The number of fused-ring (bicyclic) bond motifs is 1. The Morgan fingerprint density at radius 3 is 3.00 bits per heavy atom. The van der Waals surface area contributed by atoms with E-state index in [1.165, 1.54) is 10.4 Å². The molecule has 1 saturated carbocycles. The molecule has 1 aliphatic heterocycles. The quantitative estimate of drug-likeness (QED) is 0.869. The molecule has 1 aromatic heterocycles. The van der Waals surface area contributed by atoms with Crippen LogP contribution in [0.4, 0.5) is 0 Å². The number of nitrogens with zero attached hydrogens (tertiary/aromatic N) is 1. The molecule has 0 bridgehead atoms. The van der Waals surface area contributed by atoms with Crippen molar-refractivity contribution in [1.29, 1.82) is 0 Å². The molecule has 0 aromatic carbocycles. The van der Waals surface area contributed by atoms with Crippen LogP contribution in [0, 0.1) is 5.41 Å². The van der Waals surface area contributed by atoms with Gasteiger partial charge in [0.1, 0.15) is 0 Å². The Bertz CT molecular complexity index is 431. The second-order valence-electron chi connectivity index (χ2n) is 5.18. The first-order valence-electron chi connectivity index (χ1n) is 6.30. The molecule has 3 rings (SSSR count). The summed E-state index contributed by atoms with van der Waals surface area (Å²) in [7, 11) is 0. The number of thiophene rings is 1. The summed E-state index contributed by atoms with van der Waals surface area (Å²) >= 11 is 1.81. The SMILES string of the molecule is NCC1(C(=O)N2CCc3sccc3C2)CCC1. The van der Waals surface area contributed by atoms with E-state index in [-0.39, 0.29) is 5.41 Å². The van der Waals surface area contributed by atoms with Crippen LogP contribution >= 0.6 is 11.3 Å². The smallest absolute Gasteiger partial charge is 0.230 e. The Morgan fingerprint density at radius 1 is 1.53 bits per heavy atom. The fourth-order valence-corrected chi connectivity index (χ4v) is 3.76. The van der Waals surface area contributed by atoms with E-state index >= 15 is 0 Å². The molecule has 0 radical (unpaired) electrons. The van der Waals surface area contributed by atoms with Crippen LogP contribution < -0.4 is 5.73 Å². The lowest BCUT2D eigenvalue weighted by molar-refractivity contribution is -0.147. The molecule has 17 heavy (non-hydrogen) atoms. The van der Waals surface area contributed by atoms with E-state index in [1.54, 1.807) is 0 Å². The highest BCUT2D eigenvalue weighted by atomic mass is 32.1. The van der Waals surface area contributed by atoms with Crippen LogP contribution in [0.3, 0.4) is 0 Å². The van der Waals surface area contributed by atoms with Crippen molar-refractivity contribution in [3.63, 3.8) is 0 Å². The summed E-state index contributed by atoms with van der Waals surface area (Å²) in [5, 5.41) is 2.13. The number of amides is 1. The summed E-state index contributed by atoms with van der Waals surface area (Å²) in [6, 6.07) is 2.15. The maximum Gasteiger partial charge on any atom is 0.230 e. The van der Waals surface area contributed by atoms with E-state index in [0.29, 0.717) is 12.5 Å². The molecule has 1 aromatic rings. The van der Waals surface area contributed by atoms with Gasteiger partial charge < -0.3 is 10.6 Å². The zero-order valence-electron chi connectivity index (χ0n) is 9.95. The number of hydrogen-bond acceptors (Lipinski definition) is 3. The minimum atomic E-state index is -0.215. The van der Waals surface area contributed by atoms with Crippen LogP contribution in [0.2, 0.25) is 0 Å². The van der Waals surface area contributed by atoms with Crippen LogP contribution in [0.15, 0.2) is 11.4 Å². The van der Waals surface area contributed by atoms with Crippen molar-refractivity contribution in [3.05, 3.63) is 21.9 Å². The predicted molar refractivity (Wildman–Crippen MR) is 68.8 cm³/mol. The van der Waals surface area contributed by atoms with E-state index in [1.807, 2.05) is 16.2 Å². The Kier molecular flexibility index (Phi) is 2.71. The largest absolute Gasteiger partial charge is 0.337 e. The fourth-order valence-electron chi connectivity index (χ4n) is 2.87. The molecule has 1 amide bonds. The van der Waals surface area contributed by atoms with E-state index in [4.69, 9.17) is 5.73 Å². The van der Waals surface area contributed by atoms with Gasteiger partial charge in [0, 0.05) is 24.5 Å². The molecule has 1 aliphatic carbocycles. The van der Waals surface area contributed by atoms with Gasteiger partial charge in [0.2, 0.25) is 5.91 Å². The summed E-state index contributed by atoms with van der Waals surface area (Å²) in [6.07, 6.45) is 4.13. The van der Waals surface area contributed by atoms with Crippen LogP contribution in [-0.4, -0.2) is 23.9 Å². The fraction of sp³-hybridized carbons (Fsp3) is 0.615. The maximum absolute atomic E-state index is 12.5. The van der Waals surface area contributed by atoms with Crippen molar-refractivity contribution in [2.24, 2.45) is 11.1 Å². The van der Waals surface area contributed by atoms with Crippen LogP contribution in [0.5, 0.6) is 0 Å². The standard InChI is InChI=1S/C13H18N2OS/c14-9-13(4-1-5-13)12(16)15-6-2-11-10(8-15)3-7-17-11/h3,7H,1-2,4-6,8-9,14H2. The Hall–Kier alpha value is -0.870.